The van der Waals surface area contributed by atoms with Crippen LogP contribution in [0, 0.1) is 0 Å². The lowest BCUT2D eigenvalue weighted by Crippen LogP contribution is -2.08. The normalized spacial score (nSPS) is 12.2. The lowest BCUT2D eigenvalue weighted by Gasteiger charge is -2.08. The predicted molar refractivity (Wildman–Crippen MR) is 81.1 cm³/mol. The van der Waals surface area contributed by atoms with Gasteiger partial charge in [-0.2, -0.15) is 0 Å². The maximum Gasteiger partial charge on any atom is 0.129 e. The Kier molecular flexibility index (Phi) is 2.84. The number of hydrogen-bond donors (Lipinski definition) is 0. The molecule has 5 heteroatoms. The maximum atomic E-state index is 12.2. The van der Waals surface area contributed by atoms with Crippen LogP contribution in [0.2, 0.25) is 5.15 Å². The lowest BCUT2D eigenvalue weighted by atomic mass is 10.1. The van der Waals surface area contributed by atoms with Crippen molar-refractivity contribution in [2.75, 3.05) is 13.3 Å². The molecule has 0 unspecified atom stereocenters. The molecule has 0 saturated carbocycles. The SMILES string of the molecule is CP(C)(=O)c1ccc2ccc3ccc(Cl)nc3c2n1. The van der Waals surface area contributed by atoms with Crippen molar-refractivity contribution < 1.29 is 4.57 Å². The highest BCUT2D eigenvalue weighted by Crippen LogP contribution is 2.34. The molecule has 3 rings (SSSR count). The highest BCUT2D eigenvalue weighted by atomic mass is 35.5. The molecule has 0 atom stereocenters. The fraction of sp³-hybridized carbons (Fsp3) is 0.143. The van der Waals surface area contributed by atoms with Gasteiger partial charge in [-0.1, -0.05) is 29.8 Å². The van der Waals surface area contributed by atoms with Crippen molar-refractivity contribution in [3.63, 3.8) is 0 Å². The van der Waals surface area contributed by atoms with Gasteiger partial charge in [-0.3, -0.25) is 0 Å². The van der Waals surface area contributed by atoms with Crippen LogP contribution in [0.3, 0.4) is 0 Å². The van der Waals surface area contributed by atoms with E-state index in [0.29, 0.717) is 10.6 Å². The molecule has 0 aliphatic carbocycles. The Bertz CT molecular complexity index is 841. The summed E-state index contributed by atoms with van der Waals surface area (Å²) in [4.78, 5) is 8.87. The first kappa shape index (κ1) is 12.6. The van der Waals surface area contributed by atoms with Gasteiger partial charge in [0.25, 0.3) is 0 Å². The number of hydrogen-bond acceptors (Lipinski definition) is 3. The highest BCUT2D eigenvalue weighted by Gasteiger charge is 2.14. The Morgan fingerprint density at radius 1 is 0.895 bits per heavy atom. The van der Waals surface area contributed by atoms with Gasteiger partial charge in [-0.15, -0.1) is 0 Å². The number of pyridine rings is 2. The zero-order valence-electron chi connectivity index (χ0n) is 10.6. The van der Waals surface area contributed by atoms with Crippen molar-refractivity contribution in [1.82, 2.24) is 9.97 Å². The summed E-state index contributed by atoms with van der Waals surface area (Å²) in [7, 11) is -2.38. The summed E-state index contributed by atoms with van der Waals surface area (Å²) >= 11 is 5.96. The molecule has 0 N–H and O–H groups in total. The largest absolute Gasteiger partial charge is 0.318 e. The van der Waals surface area contributed by atoms with Crippen molar-refractivity contribution in [3.05, 3.63) is 41.6 Å². The van der Waals surface area contributed by atoms with Gasteiger partial charge < -0.3 is 4.57 Å². The van der Waals surface area contributed by atoms with Crippen molar-refractivity contribution >= 4 is 46.0 Å². The van der Waals surface area contributed by atoms with E-state index in [2.05, 4.69) is 9.97 Å². The number of nitrogens with zero attached hydrogens (tertiary/aromatic N) is 2. The quantitative estimate of drug-likeness (QED) is 0.390. The lowest BCUT2D eigenvalue weighted by molar-refractivity contribution is 0.588. The molecule has 0 saturated heterocycles. The van der Waals surface area contributed by atoms with E-state index in [1.54, 1.807) is 19.4 Å². The van der Waals surface area contributed by atoms with Gasteiger partial charge >= 0.3 is 0 Å². The highest BCUT2D eigenvalue weighted by molar-refractivity contribution is 7.69. The van der Waals surface area contributed by atoms with Crippen LogP contribution in [0.15, 0.2) is 36.4 Å². The van der Waals surface area contributed by atoms with E-state index < -0.39 is 7.14 Å². The zero-order chi connectivity index (χ0) is 13.6. The smallest absolute Gasteiger partial charge is 0.129 e. The monoisotopic (exact) mass is 290 g/mol. The average Bonchev–Trinajstić information content (AvgIpc) is 2.37. The topological polar surface area (TPSA) is 42.9 Å². The van der Waals surface area contributed by atoms with Crippen LogP contribution in [0.25, 0.3) is 21.8 Å². The van der Waals surface area contributed by atoms with E-state index in [-0.39, 0.29) is 0 Å². The summed E-state index contributed by atoms with van der Waals surface area (Å²) in [6.07, 6.45) is 0. The molecule has 96 valence electrons. The van der Waals surface area contributed by atoms with Crippen molar-refractivity contribution in [3.8, 4) is 0 Å². The Hall–Kier alpha value is -1.44. The van der Waals surface area contributed by atoms with Gasteiger partial charge in [0.15, 0.2) is 0 Å². The second-order valence-corrected chi connectivity index (χ2v) is 8.41. The summed E-state index contributed by atoms with van der Waals surface area (Å²) in [5.74, 6) is 0. The number of rotatable bonds is 1. The van der Waals surface area contributed by atoms with E-state index >= 15 is 0 Å². The van der Waals surface area contributed by atoms with E-state index in [1.165, 1.54) is 0 Å². The van der Waals surface area contributed by atoms with Gasteiger partial charge in [-0.05, 0) is 31.5 Å². The molecular formula is C14H12ClN2OP. The first-order valence-electron chi connectivity index (χ1n) is 5.87. The Morgan fingerprint density at radius 3 is 2.05 bits per heavy atom. The van der Waals surface area contributed by atoms with E-state index in [9.17, 15) is 4.57 Å². The number of fused-ring (bicyclic) bond motifs is 3. The summed E-state index contributed by atoms with van der Waals surface area (Å²) in [6, 6.07) is 11.4. The Morgan fingerprint density at radius 2 is 1.42 bits per heavy atom. The third kappa shape index (κ3) is 2.24. The van der Waals surface area contributed by atoms with E-state index in [1.807, 2.05) is 30.3 Å². The second kappa shape index (κ2) is 4.29. The van der Waals surface area contributed by atoms with Crippen LogP contribution >= 0.6 is 18.7 Å². The van der Waals surface area contributed by atoms with Crippen LogP contribution in [-0.2, 0) is 4.57 Å². The summed E-state index contributed by atoms with van der Waals surface area (Å²) in [5.41, 5.74) is 2.12. The minimum atomic E-state index is -2.38. The number of halogens is 1. The van der Waals surface area contributed by atoms with Crippen molar-refractivity contribution in [2.24, 2.45) is 0 Å². The zero-order valence-corrected chi connectivity index (χ0v) is 12.2. The molecule has 0 amide bonds. The number of aromatic nitrogens is 2. The Labute approximate surface area is 116 Å². The van der Waals surface area contributed by atoms with Gasteiger partial charge in [0.05, 0.1) is 11.0 Å². The molecule has 0 aliphatic heterocycles. The standard InChI is InChI=1S/C14H12ClN2OP/c1-19(2,18)12-8-6-10-4-3-9-5-7-11(15)16-13(9)14(10)17-12/h3-8H,1-2H3. The molecule has 3 nitrogen and oxygen atoms in total. The summed E-state index contributed by atoms with van der Waals surface area (Å²) < 4.78 is 12.2. The molecule has 19 heavy (non-hydrogen) atoms. The average molecular weight is 291 g/mol. The second-order valence-electron chi connectivity index (χ2n) is 4.86. The fourth-order valence-electron chi connectivity index (χ4n) is 2.03. The van der Waals surface area contributed by atoms with Gasteiger partial charge in [0.1, 0.15) is 17.7 Å². The third-order valence-electron chi connectivity index (χ3n) is 3.02. The molecule has 1 aromatic carbocycles. The first-order chi connectivity index (χ1) is 8.95. The Balaban J connectivity index is 2.45. The number of benzene rings is 1. The van der Waals surface area contributed by atoms with Crippen LogP contribution in [0.1, 0.15) is 0 Å². The minimum Gasteiger partial charge on any atom is -0.318 e. The van der Waals surface area contributed by atoms with Gasteiger partial charge in [0.2, 0.25) is 0 Å². The fourth-order valence-corrected chi connectivity index (χ4v) is 2.96. The minimum absolute atomic E-state index is 0.434. The van der Waals surface area contributed by atoms with Crippen LogP contribution in [-0.4, -0.2) is 23.3 Å². The molecule has 0 aliphatic rings. The predicted octanol–water partition coefficient (Wildman–Crippen LogP) is 3.68. The summed E-state index contributed by atoms with van der Waals surface area (Å²) in [5, 5.41) is 2.38. The molecule has 0 bridgehead atoms. The van der Waals surface area contributed by atoms with Crippen LogP contribution < -0.4 is 5.44 Å². The van der Waals surface area contributed by atoms with Gasteiger partial charge in [-0.25, -0.2) is 9.97 Å². The van der Waals surface area contributed by atoms with E-state index in [0.717, 1.165) is 21.8 Å². The van der Waals surface area contributed by atoms with E-state index in [4.69, 9.17) is 11.6 Å². The third-order valence-corrected chi connectivity index (χ3v) is 4.59. The van der Waals surface area contributed by atoms with Crippen LogP contribution in [0.4, 0.5) is 0 Å². The molecule has 3 aromatic rings. The first-order valence-corrected chi connectivity index (χ1v) is 8.85. The molecular weight excluding hydrogens is 279 g/mol. The van der Waals surface area contributed by atoms with Crippen molar-refractivity contribution in [1.29, 1.82) is 0 Å². The summed E-state index contributed by atoms with van der Waals surface area (Å²) in [6.45, 7) is 3.43. The van der Waals surface area contributed by atoms with Crippen molar-refractivity contribution in [2.45, 2.75) is 0 Å². The molecule has 0 fully saturated rings. The molecule has 0 radical (unpaired) electrons. The van der Waals surface area contributed by atoms with Crippen LogP contribution in [0.5, 0.6) is 0 Å². The molecule has 2 heterocycles. The van der Waals surface area contributed by atoms with Gasteiger partial charge in [0, 0.05) is 10.8 Å². The maximum absolute atomic E-state index is 12.2. The molecule has 2 aromatic heterocycles. The molecule has 0 spiro atoms.